The van der Waals surface area contributed by atoms with Gasteiger partial charge < -0.3 is 14.8 Å². The van der Waals surface area contributed by atoms with Crippen LogP contribution in [0, 0.1) is 5.92 Å². The highest BCUT2D eigenvalue weighted by Crippen LogP contribution is 2.33. The number of rotatable bonds is 6. The van der Waals surface area contributed by atoms with Crippen LogP contribution in [0.4, 0.5) is 0 Å². The van der Waals surface area contributed by atoms with Crippen LogP contribution in [0.5, 0.6) is 0 Å². The van der Waals surface area contributed by atoms with Gasteiger partial charge in [-0.05, 0) is 30.5 Å². The quantitative estimate of drug-likeness (QED) is 0.814. The maximum Gasteiger partial charge on any atom is 0.0865 e. The molecular weight excluding hydrogens is 262 g/mol. The second-order valence-electron chi connectivity index (χ2n) is 4.94. The monoisotopic (exact) mass is 283 g/mol. The van der Waals surface area contributed by atoms with Gasteiger partial charge in [0, 0.05) is 37.7 Å². The van der Waals surface area contributed by atoms with E-state index in [0.29, 0.717) is 5.92 Å². The summed E-state index contributed by atoms with van der Waals surface area (Å²) in [5.74, 6) is 0.520. The average Bonchev–Trinajstić information content (AvgIpc) is 2.45. The molecule has 2 rings (SSSR count). The predicted octanol–water partition coefficient (Wildman–Crippen LogP) is 3.04. The van der Waals surface area contributed by atoms with Gasteiger partial charge in [0.05, 0.1) is 12.7 Å². The maximum absolute atomic E-state index is 5.96. The summed E-state index contributed by atoms with van der Waals surface area (Å²) in [5.41, 5.74) is 1.22. The number of hydrogen-bond acceptors (Lipinski definition) is 3. The van der Waals surface area contributed by atoms with E-state index in [0.717, 1.165) is 37.7 Å². The van der Waals surface area contributed by atoms with Crippen LogP contribution in [0.25, 0.3) is 0 Å². The Morgan fingerprint density at radius 1 is 1.37 bits per heavy atom. The zero-order valence-corrected chi connectivity index (χ0v) is 12.2. The first-order valence-electron chi connectivity index (χ1n) is 6.88. The molecule has 1 aromatic carbocycles. The van der Waals surface area contributed by atoms with Crippen LogP contribution in [0.15, 0.2) is 24.3 Å². The van der Waals surface area contributed by atoms with Crippen molar-refractivity contribution >= 4 is 11.6 Å². The van der Waals surface area contributed by atoms with Gasteiger partial charge in [-0.15, -0.1) is 0 Å². The molecule has 0 radical (unpaired) electrons. The summed E-state index contributed by atoms with van der Waals surface area (Å²) in [4.78, 5) is 0. The Hall–Kier alpha value is -0.610. The van der Waals surface area contributed by atoms with Crippen molar-refractivity contribution in [2.75, 3.05) is 33.4 Å². The van der Waals surface area contributed by atoms with E-state index < -0.39 is 0 Å². The highest BCUT2D eigenvalue weighted by atomic mass is 35.5. The van der Waals surface area contributed by atoms with Crippen LogP contribution in [0.1, 0.15) is 24.5 Å². The van der Waals surface area contributed by atoms with Crippen molar-refractivity contribution in [3.63, 3.8) is 0 Å². The van der Waals surface area contributed by atoms with Gasteiger partial charge in [-0.25, -0.2) is 0 Å². The molecule has 1 fully saturated rings. The molecule has 1 saturated heterocycles. The van der Waals surface area contributed by atoms with Gasteiger partial charge in [0.15, 0.2) is 0 Å². The highest BCUT2D eigenvalue weighted by molar-refractivity contribution is 6.30. The Labute approximate surface area is 120 Å². The first-order chi connectivity index (χ1) is 9.31. The van der Waals surface area contributed by atoms with Crippen molar-refractivity contribution in [1.29, 1.82) is 0 Å². The zero-order chi connectivity index (χ0) is 13.5. The van der Waals surface area contributed by atoms with E-state index in [1.54, 1.807) is 7.11 Å². The largest absolute Gasteiger partial charge is 0.383 e. The summed E-state index contributed by atoms with van der Waals surface area (Å²) in [6, 6.07) is 8.01. The van der Waals surface area contributed by atoms with E-state index in [4.69, 9.17) is 21.1 Å². The minimum Gasteiger partial charge on any atom is -0.383 e. The third kappa shape index (κ3) is 4.46. The average molecular weight is 284 g/mol. The molecule has 1 aliphatic heterocycles. The fourth-order valence-electron chi connectivity index (χ4n) is 2.53. The molecule has 19 heavy (non-hydrogen) atoms. The minimum atomic E-state index is 0.182. The number of nitrogens with one attached hydrogen (secondary N) is 1. The third-order valence-corrected chi connectivity index (χ3v) is 3.78. The maximum atomic E-state index is 5.96. The van der Waals surface area contributed by atoms with Crippen LogP contribution >= 0.6 is 11.6 Å². The van der Waals surface area contributed by atoms with E-state index in [1.165, 1.54) is 12.0 Å². The molecule has 2 unspecified atom stereocenters. The molecule has 0 saturated carbocycles. The zero-order valence-electron chi connectivity index (χ0n) is 11.4. The van der Waals surface area contributed by atoms with E-state index in [9.17, 15) is 0 Å². The summed E-state index contributed by atoms with van der Waals surface area (Å²) in [7, 11) is 1.72. The second kappa shape index (κ2) is 7.85. The molecule has 1 aromatic rings. The van der Waals surface area contributed by atoms with E-state index in [2.05, 4.69) is 17.4 Å². The number of ether oxygens (including phenoxy) is 2. The smallest absolute Gasteiger partial charge is 0.0865 e. The minimum absolute atomic E-state index is 0.182. The van der Waals surface area contributed by atoms with E-state index in [1.807, 2.05) is 12.1 Å². The van der Waals surface area contributed by atoms with Crippen molar-refractivity contribution < 1.29 is 9.47 Å². The summed E-state index contributed by atoms with van der Waals surface area (Å²) >= 11 is 5.94. The van der Waals surface area contributed by atoms with Gasteiger partial charge in [0.1, 0.15) is 0 Å². The Morgan fingerprint density at radius 2 is 2.16 bits per heavy atom. The van der Waals surface area contributed by atoms with Crippen molar-refractivity contribution in [1.82, 2.24) is 5.32 Å². The van der Waals surface area contributed by atoms with Crippen molar-refractivity contribution in [2.45, 2.75) is 18.9 Å². The molecule has 0 aliphatic carbocycles. The van der Waals surface area contributed by atoms with Gasteiger partial charge in [-0.2, -0.15) is 0 Å². The molecular formula is C15H22ClNO2. The summed E-state index contributed by atoms with van der Waals surface area (Å²) in [6.45, 7) is 3.46. The Balaban J connectivity index is 1.93. The molecule has 106 valence electrons. The Morgan fingerprint density at radius 3 is 2.89 bits per heavy atom. The van der Waals surface area contributed by atoms with Gasteiger partial charge in [0.2, 0.25) is 0 Å². The van der Waals surface area contributed by atoms with Crippen LogP contribution in [0.2, 0.25) is 5.02 Å². The van der Waals surface area contributed by atoms with Gasteiger partial charge in [-0.1, -0.05) is 23.7 Å². The molecule has 1 N–H and O–H groups in total. The van der Waals surface area contributed by atoms with Gasteiger partial charge in [-0.3, -0.25) is 0 Å². The predicted molar refractivity (Wildman–Crippen MR) is 77.6 cm³/mol. The topological polar surface area (TPSA) is 30.5 Å². The van der Waals surface area contributed by atoms with Crippen LogP contribution in [-0.2, 0) is 9.47 Å². The normalized spacial score (nSPS) is 23.5. The molecule has 0 amide bonds. The molecule has 0 aromatic heterocycles. The van der Waals surface area contributed by atoms with Gasteiger partial charge >= 0.3 is 0 Å². The fourth-order valence-corrected chi connectivity index (χ4v) is 2.66. The molecule has 0 spiro atoms. The molecule has 1 heterocycles. The molecule has 3 nitrogen and oxygen atoms in total. The standard InChI is InChI=1S/C15H22ClNO2/c1-18-10-8-17-11-13-3-2-9-19-15(13)12-4-6-14(16)7-5-12/h4-7,13,15,17H,2-3,8-11H2,1H3. The second-order valence-corrected chi connectivity index (χ2v) is 5.38. The van der Waals surface area contributed by atoms with Crippen LogP contribution < -0.4 is 5.32 Å². The van der Waals surface area contributed by atoms with Crippen LogP contribution in [-0.4, -0.2) is 33.4 Å². The molecule has 4 heteroatoms. The Kier molecular flexibility index (Phi) is 6.11. The van der Waals surface area contributed by atoms with E-state index >= 15 is 0 Å². The van der Waals surface area contributed by atoms with E-state index in [-0.39, 0.29) is 6.10 Å². The summed E-state index contributed by atoms with van der Waals surface area (Å²) in [5, 5.41) is 4.21. The lowest BCUT2D eigenvalue weighted by atomic mass is 9.89. The van der Waals surface area contributed by atoms with Crippen molar-refractivity contribution in [3.8, 4) is 0 Å². The lowest BCUT2D eigenvalue weighted by Crippen LogP contribution is -2.33. The summed E-state index contributed by atoms with van der Waals surface area (Å²) < 4.78 is 11.0. The Bertz CT molecular complexity index is 369. The fraction of sp³-hybridized carbons (Fsp3) is 0.600. The number of benzene rings is 1. The molecule has 0 bridgehead atoms. The lowest BCUT2D eigenvalue weighted by molar-refractivity contribution is -0.0280. The van der Waals surface area contributed by atoms with Gasteiger partial charge in [0.25, 0.3) is 0 Å². The highest BCUT2D eigenvalue weighted by Gasteiger charge is 2.26. The molecule has 2 atom stereocenters. The van der Waals surface area contributed by atoms with Crippen molar-refractivity contribution in [3.05, 3.63) is 34.9 Å². The number of hydrogen-bond donors (Lipinski definition) is 1. The summed E-state index contributed by atoms with van der Waals surface area (Å²) in [6.07, 6.45) is 2.52. The lowest BCUT2D eigenvalue weighted by Gasteiger charge is -2.32. The molecule has 1 aliphatic rings. The van der Waals surface area contributed by atoms with Crippen LogP contribution in [0.3, 0.4) is 0 Å². The third-order valence-electron chi connectivity index (χ3n) is 3.53. The first-order valence-corrected chi connectivity index (χ1v) is 7.26. The number of halogens is 1. The first kappa shape index (κ1) is 14.8. The van der Waals surface area contributed by atoms with Crippen molar-refractivity contribution in [2.24, 2.45) is 5.92 Å². The number of methoxy groups -OCH3 is 1. The SMILES string of the molecule is COCCNCC1CCCOC1c1ccc(Cl)cc1.